The number of nitrogens with one attached hydrogen (secondary N) is 2. The zero-order valence-corrected chi connectivity index (χ0v) is 18.8. The molecule has 0 aliphatic carbocycles. The summed E-state index contributed by atoms with van der Waals surface area (Å²) in [4.78, 5) is 6.51. The molecule has 0 radical (unpaired) electrons. The molecule has 1 aliphatic heterocycles. The van der Waals surface area contributed by atoms with Crippen molar-refractivity contribution in [2.45, 2.75) is 30.3 Å². The fourth-order valence-corrected chi connectivity index (χ4v) is 5.76. The van der Waals surface area contributed by atoms with Crippen molar-refractivity contribution in [1.82, 2.24) is 9.88 Å². The number of anilines is 2. The lowest BCUT2D eigenvalue weighted by molar-refractivity contribution is 0.261. The number of thiazole rings is 1. The summed E-state index contributed by atoms with van der Waals surface area (Å²) in [5.74, 6) is 0. The molecule has 0 saturated carbocycles. The van der Waals surface area contributed by atoms with E-state index >= 15 is 0 Å². The van der Waals surface area contributed by atoms with E-state index in [0.717, 1.165) is 25.2 Å². The van der Waals surface area contributed by atoms with E-state index in [4.69, 9.17) is 11.6 Å². The van der Waals surface area contributed by atoms with Gasteiger partial charge in [0.2, 0.25) is 0 Å². The maximum Gasteiger partial charge on any atom is 0.263 e. The summed E-state index contributed by atoms with van der Waals surface area (Å²) in [6, 6.07) is 15.8. The summed E-state index contributed by atoms with van der Waals surface area (Å²) in [5, 5.41) is 5.89. The van der Waals surface area contributed by atoms with Crippen LogP contribution < -0.4 is 10.0 Å². The van der Waals surface area contributed by atoms with E-state index in [1.54, 1.807) is 23.7 Å². The summed E-state index contributed by atoms with van der Waals surface area (Å²) in [6.45, 7) is 4.12. The van der Waals surface area contributed by atoms with Crippen molar-refractivity contribution < 1.29 is 8.42 Å². The summed E-state index contributed by atoms with van der Waals surface area (Å²) in [7, 11) is -3.72. The van der Waals surface area contributed by atoms with Crippen molar-refractivity contribution in [3.05, 3.63) is 70.7 Å². The van der Waals surface area contributed by atoms with Crippen LogP contribution in [0.4, 0.5) is 10.8 Å². The monoisotopic (exact) mass is 462 g/mol. The zero-order chi connectivity index (χ0) is 21.1. The van der Waals surface area contributed by atoms with Crippen LogP contribution in [0, 0.1) is 0 Å². The van der Waals surface area contributed by atoms with Crippen LogP contribution in [-0.2, 0) is 10.0 Å². The van der Waals surface area contributed by atoms with Crippen LogP contribution in [0.2, 0.25) is 5.02 Å². The van der Waals surface area contributed by atoms with Gasteiger partial charge in [0.25, 0.3) is 10.0 Å². The van der Waals surface area contributed by atoms with Gasteiger partial charge in [-0.1, -0.05) is 41.9 Å². The number of hydrogen-bond donors (Lipinski definition) is 2. The molecule has 1 aromatic heterocycles. The highest BCUT2D eigenvalue weighted by Crippen LogP contribution is 2.30. The highest BCUT2D eigenvalue weighted by atomic mass is 35.5. The summed E-state index contributed by atoms with van der Waals surface area (Å²) in [5.41, 5.74) is 2.04. The summed E-state index contributed by atoms with van der Waals surface area (Å²) in [6.07, 6.45) is 2.55. The Hall–Kier alpha value is -2.13. The van der Waals surface area contributed by atoms with Crippen LogP contribution in [0.25, 0.3) is 0 Å². The number of likely N-dealkylation sites (tertiary alicyclic amines) is 1. The lowest BCUT2D eigenvalue weighted by Crippen LogP contribution is -2.28. The standard InChI is InChI=1S/C21H23ClN4O2S2/c1-15(16-5-3-2-4-6-16)26-11-9-17(14-26)24-20-8-7-18(13-19(20)22)30(27,28)25-21-23-10-12-29-21/h2-8,10,12-13,15,17,24H,9,11,14H2,1H3,(H,23,25)/t15-,17?/m1/s1. The first kappa shape index (κ1) is 21.1. The highest BCUT2D eigenvalue weighted by molar-refractivity contribution is 7.93. The number of halogens is 1. The number of nitrogens with zero attached hydrogens (tertiary/aromatic N) is 2. The van der Waals surface area contributed by atoms with Gasteiger partial charge < -0.3 is 5.32 Å². The fraction of sp³-hybridized carbons (Fsp3) is 0.286. The minimum atomic E-state index is -3.72. The van der Waals surface area contributed by atoms with E-state index in [1.165, 1.54) is 23.0 Å². The third-order valence-corrected chi connectivity index (χ3v) is 7.78. The molecule has 4 rings (SSSR count). The summed E-state index contributed by atoms with van der Waals surface area (Å²) >= 11 is 7.63. The first-order valence-corrected chi connectivity index (χ1v) is 12.4. The van der Waals surface area contributed by atoms with Gasteiger partial charge in [-0.25, -0.2) is 13.4 Å². The smallest absolute Gasteiger partial charge is 0.263 e. The van der Waals surface area contributed by atoms with Crippen LogP contribution in [0.1, 0.15) is 24.9 Å². The Balaban J connectivity index is 1.41. The average molecular weight is 463 g/mol. The summed E-state index contributed by atoms with van der Waals surface area (Å²) < 4.78 is 27.5. The first-order chi connectivity index (χ1) is 14.4. The predicted octanol–water partition coefficient (Wildman–Crippen LogP) is 4.84. The van der Waals surface area contributed by atoms with Crippen LogP contribution >= 0.6 is 22.9 Å². The van der Waals surface area contributed by atoms with E-state index in [0.29, 0.717) is 16.2 Å². The van der Waals surface area contributed by atoms with Crippen molar-refractivity contribution in [3.8, 4) is 0 Å². The van der Waals surface area contributed by atoms with Gasteiger partial charge in [0.1, 0.15) is 0 Å². The average Bonchev–Trinajstić information content (AvgIpc) is 3.41. The minimum Gasteiger partial charge on any atom is -0.380 e. The van der Waals surface area contributed by atoms with Crippen LogP contribution in [-0.4, -0.2) is 37.4 Å². The normalized spacial score (nSPS) is 18.3. The Labute approximate surface area is 186 Å². The maximum atomic E-state index is 12.5. The number of benzene rings is 2. The second-order valence-corrected chi connectivity index (χ2v) is 10.3. The Morgan fingerprint density at radius 3 is 2.73 bits per heavy atom. The van der Waals surface area contributed by atoms with Crippen molar-refractivity contribution in [2.75, 3.05) is 23.1 Å². The third kappa shape index (κ3) is 4.78. The van der Waals surface area contributed by atoms with Gasteiger partial charge >= 0.3 is 0 Å². The molecule has 2 atom stereocenters. The Bertz CT molecular complexity index is 1090. The molecule has 0 amide bonds. The number of sulfonamides is 1. The molecule has 1 aliphatic rings. The van der Waals surface area contributed by atoms with E-state index in [2.05, 4.69) is 51.1 Å². The maximum absolute atomic E-state index is 12.5. The molecule has 1 fully saturated rings. The quantitative estimate of drug-likeness (QED) is 0.525. The molecule has 158 valence electrons. The predicted molar refractivity (Wildman–Crippen MR) is 123 cm³/mol. The minimum absolute atomic E-state index is 0.110. The second-order valence-electron chi connectivity index (χ2n) is 7.30. The molecule has 6 nitrogen and oxygen atoms in total. The van der Waals surface area contributed by atoms with E-state index in [-0.39, 0.29) is 10.9 Å². The molecule has 3 aromatic rings. The molecule has 0 bridgehead atoms. The van der Waals surface area contributed by atoms with Gasteiger partial charge in [-0.05, 0) is 37.1 Å². The largest absolute Gasteiger partial charge is 0.380 e. The SMILES string of the molecule is C[C@H](c1ccccc1)N1CCC(Nc2ccc(S(=O)(=O)Nc3nccs3)cc2Cl)C1. The second kappa shape index (κ2) is 8.93. The molecular formula is C21H23ClN4O2S2. The van der Waals surface area contributed by atoms with Gasteiger partial charge in [0, 0.05) is 36.8 Å². The molecule has 30 heavy (non-hydrogen) atoms. The Morgan fingerprint density at radius 2 is 2.03 bits per heavy atom. The van der Waals surface area contributed by atoms with Crippen LogP contribution in [0.15, 0.2) is 65.0 Å². The van der Waals surface area contributed by atoms with E-state index in [1.807, 2.05) is 6.07 Å². The fourth-order valence-electron chi connectivity index (χ4n) is 3.65. The molecule has 2 N–H and O–H groups in total. The topological polar surface area (TPSA) is 74.3 Å². The molecule has 1 saturated heterocycles. The zero-order valence-electron chi connectivity index (χ0n) is 16.5. The van der Waals surface area contributed by atoms with Gasteiger partial charge in [-0.3, -0.25) is 9.62 Å². The molecule has 2 aromatic carbocycles. The van der Waals surface area contributed by atoms with Gasteiger partial charge in [-0.15, -0.1) is 11.3 Å². The lowest BCUT2D eigenvalue weighted by Gasteiger charge is -2.25. The number of hydrogen-bond acceptors (Lipinski definition) is 6. The van der Waals surface area contributed by atoms with Gasteiger partial charge in [0.05, 0.1) is 15.6 Å². The Kier molecular flexibility index (Phi) is 6.29. The third-order valence-electron chi connectivity index (χ3n) is 5.31. The van der Waals surface area contributed by atoms with E-state index < -0.39 is 10.0 Å². The van der Waals surface area contributed by atoms with Gasteiger partial charge in [0.15, 0.2) is 5.13 Å². The lowest BCUT2D eigenvalue weighted by atomic mass is 10.1. The first-order valence-electron chi connectivity index (χ1n) is 9.70. The highest BCUT2D eigenvalue weighted by Gasteiger charge is 2.27. The van der Waals surface area contributed by atoms with Gasteiger partial charge in [-0.2, -0.15) is 0 Å². The molecular weight excluding hydrogens is 440 g/mol. The van der Waals surface area contributed by atoms with Crippen molar-refractivity contribution >= 4 is 43.8 Å². The van der Waals surface area contributed by atoms with Crippen molar-refractivity contribution in [2.24, 2.45) is 0 Å². The van der Waals surface area contributed by atoms with E-state index in [9.17, 15) is 8.42 Å². The Morgan fingerprint density at radius 1 is 1.23 bits per heavy atom. The molecule has 0 spiro atoms. The molecule has 2 heterocycles. The van der Waals surface area contributed by atoms with Crippen LogP contribution in [0.3, 0.4) is 0 Å². The van der Waals surface area contributed by atoms with Crippen molar-refractivity contribution in [1.29, 1.82) is 0 Å². The molecule has 1 unspecified atom stereocenters. The number of rotatable bonds is 7. The molecule has 9 heteroatoms. The van der Waals surface area contributed by atoms with Crippen LogP contribution in [0.5, 0.6) is 0 Å². The van der Waals surface area contributed by atoms with Crippen molar-refractivity contribution in [3.63, 3.8) is 0 Å². The number of aromatic nitrogens is 1.